The second-order valence-electron chi connectivity index (χ2n) is 8.07. The number of ether oxygens (including phenoxy) is 1. The second-order valence-corrected chi connectivity index (χ2v) is 8.07. The topological polar surface area (TPSA) is 29.5 Å². The lowest BCUT2D eigenvalue weighted by atomic mass is 9.55. The van der Waals surface area contributed by atoms with Crippen molar-refractivity contribution in [2.24, 2.45) is 17.3 Å². The summed E-state index contributed by atoms with van der Waals surface area (Å²) in [5.41, 5.74) is 4.52. The predicted octanol–water partition coefficient (Wildman–Crippen LogP) is 4.22. The van der Waals surface area contributed by atoms with Gasteiger partial charge in [-0.3, -0.25) is 0 Å². The van der Waals surface area contributed by atoms with E-state index < -0.39 is 0 Å². The summed E-state index contributed by atoms with van der Waals surface area (Å²) in [5, 5.41) is 10.5. The van der Waals surface area contributed by atoms with E-state index in [0.29, 0.717) is 11.8 Å². The highest BCUT2D eigenvalue weighted by atomic mass is 16.5. The van der Waals surface area contributed by atoms with Crippen LogP contribution in [-0.2, 0) is 6.42 Å². The Morgan fingerprint density at radius 3 is 2.77 bits per heavy atom. The lowest BCUT2D eigenvalue weighted by Gasteiger charge is -2.50. The molecule has 1 aromatic carbocycles. The van der Waals surface area contributed by atoms with Crippen molar-refractivity contribution in [3.63, 3.8) is 0 Å². The van der Waals surface area contributed by atoms with Gasteiger partial charge in [-0.1, -0.05) is 13.0 Å². The van der Waals surface area contributed by atoms with Gasteiger partial charge in [0, 0.05) is 0 Å². The first-order chi connectivity index (χ1) is 10.5. The van der Waals surface area contributed by atoms with Crippen molar-refractivity contribution < 1.29 is 9.84 Å². The number of fused-ring (bicyclic) bond motifs is 5. The summed E-state index contributed by atoms with van der Waals surface area (Å²) in [4.78, 5) is 0. The van der Waals surface area contributed by atoms with Gasteiger partial charge in [-0.2, -0.15) is 0 Å². The van der Waals surface area contributed by atoms with Crippen LogP contribution in [0.5, 0.6) is 5.75 Å². The summed E-state index contributed by atoms with van der Waals surface area (Å²) < 4.78 is 5.57. The molecule has 0 aliphatic heterocycles. The van der Waals surface area contributed by atoms with Crippen LogP contribution in [0.3, 0.4) is 0 Å². The molecule has 1 aromatic rings. The van der Waals surface area contributed by atoms with E-state index in [1.54, 1.807) is 18.2 Å². The van der Waals surface area contributed by atoms with Gasteiger partial charge >= 0.3 is 0 Å². The average molecular weight is 300 g/mol. The molecular formula is C20H28O2. The smallest absolute Gasteiger partial charge is 0.122 e. The van der Waals surface area contributed by atoms with Gasteiger partial charge in [-0.05, 0) is 91.4 Å². The van der Waals surface area contributed by atoms with E-state index in [2.05, 4.69) is 26.0 Å². The van der Waals surface area contributed by atoms with Crippen molar-refractivity contribution in [2.45, 2.75) is 64.4 Å². The number of hydrogen-bond donors (Lipinski definition) is 1. The minimum absolute atomic E-state index is 0.0765. The Hall–Kier alpha value is -1.02. The molecule has 4 rings (SSSR count). The van der Waals surface area contributed by atoms with E-state index in [1.807, 2.05) is 0 Å². The fourth-order valence-corrected chi connectivity index (χ4v) is 5.92. The van der Waals surface area contributed by atoms with Gasteiger partial charge in [0.1, 0.15) is 5.75 Å². The summed E-state index contributed by atoms with van der Waals surface area (Å²) in [6.45, 7) is 4.49. The second kappa shape index (κ2) is 4.99. The molecule has 2 fully saturated rings. The molecule has 1 N–H and O–H groups in total. The molecular weight excluding hydrogens is 272 g/mol. The molecule has 120 valence electrons. The maximum atomic E-state index is 10.5. The maximum absolute atomic E-state index is 10.5. The van der Waals surface area contributed by atoms with Crippen LogP contribution in [0.15, 0.2) is 12.1 Å². The predicted molar refractivity (Wildman–Crippen MR) is 88.4 cm³/mol. The lowest BCUT2D eigenvalue weighted by Crippen LogP contribution is -2.43. The normalized spacial score (nSPS) is 39.8. The molecule has 3 aliphatic carbocycles. The first-order valence-electron chi connectivity index (χ1n) is 8.90. The standard InChI is InChI=1S/C20H28O2/c1-12-10-13-4-5-15-14(16(13)11-18(12)22-3)8-9-20(2)17(15)6-7-19(20)21/h10-11,14-15,17,19,21H,4-9H2,1-3H3/t14?,15?,17?,19-,20-/m0/s1. The Kier molecular flexibility index (Phi) is 3.30. The molecule has 0 radical (unpaired) electrons. The number of benzene rings is 1. The Balaban J connectivity index is 1.72. The van der Waals surface area contributed by atoms with Gasteiger partial charge in [0.15, 0.2) is 0 Å². The molecule has 2 saturated carbocycles. The fourth-order valence-electron chi connectivity index (χ4n) is 5.92. The van der Waals surface area contributed by atoms with Crippen molar-refractivity contribution in [2.75, 3.05) is 7.11 Å². The van der Waals surface area contributed by atoms with E-state index >= 15 is 0 Å². The third-order valence-corrected chi connectivity index (χ3v) is 7.19. The molecule has 2 nitrogen and oxygen atoms in total. The zero-order valence-corrected chi connectivity index (χ0v) is 14.1. The fraction of sp³-hybridized carbons (Fsp3) is 0.700. The monoisotopic (exact) mass is 300 g/mol. The van der Waals surface area contributed by atoms with Crippen LogP contribution in [0.4, 0.5) is 0 Å². The highest BCUT2D eigenvalue weighted by molar-refractivity contribution is 5.45. The van der Waals surface area contributed by atoms with Crippen molar-refractivity contribution in [1.29, 1.82) is 0 Å². The van der Waals surface area contributed by atoms with Crippen LogP contribution in [0.2, 0.25) is 0 Å². The summed E-state index contributed by atoms with van der Waals surface area (Å²) in [6.07, 6.45) is 7.06. The van der Waals surface area contributed by atoms with Crippen molar-refractivity contribution >= 4 is 0 Å². The molecule has 5 atom stereocenters. The van der Waals surface area contributed by atoms with Crippen molar-refractivity contribution in [1.82, 2.24) is 0 Å². The Labute approximate surface area is 133 Å². The van der Waals surface area contributed by atoms with E-state index in [-0.39, 0.29) is 11.5 Å². The lowest BCUT2D eigenvalue weighted by molar-refractivity contribution is -0.0226. The van der Waals surface area contributed by atoms with Crippen LogP contribution in [0.25, 0.3) is 0 Å². The summed E-state index contributed by atoms with van der Waals surface area (Å²) >= 11 is 0. The highest BCUT2D eigenvalue weighted by Crippen LogP contribution is 2.61. The zero-order valence-electron chi connectivity index (χ0n) is 14.1. The quantitative estimate of drug-likeness (QED) is 0.841. The van der Waals surface area contributed by atoms with Crippen LogP contribution in [0.1, 0.15) is 61.6 Å². The third-order valence-electron chi connectivity index (χ3n) is 7.19. The summed E-state index contributed by atoms with van der Waals surface area (Å²) in [5.74, 6) is 3.19. The SMILES string of the molecule is COc1cc2c(cc1C)CCC1C2CC[C@@]2(C)C1CC[C@@H]2O. The van der Waals surface area contributed by atoms with Crippen LogP contribution < -0.4 is 4.74 Å². The van der Waals surface area contributed by atoms with E-state index in [0.717, 1.165) is 18.1 Å². The van der Waals surface area contributed by atoms with Crippen LogP contribution in [0, 0.1) is 24.2 Å². The number of aliphatic hydroxyl groups excluding tert-OH is 1. The number of rotatable bonds is 1. The van der Waals surface area contributed by atoms with Gasteiger partial charge in [-0.15, -0.1) is 0 Å². The molecule has 0 spiro atoms. The molecule has 0 amide bonds. The molecule has 3 unspecified atom stereocenters. The minimum atomic E-state index is -0.0765. The maximum Gasteiger partial charge on any atom is 0.122 e. The Morgan fingerprint density at radius 2 is 2.00 bits per heavy atom. The van der Waals surface area contributed by atoms with Crippen molar-refractivity contribution in [3.8, 4) is 5.75 Å². The third kappa shape index (κ3) is 1.89. The minimum Gasteiger partial charge on any atom is -0.496 e. The largest absolute Gasteiger partial charge is 0.496 e. The number of aryl methyl sites for hydroxylation is 2. The number of methoxy groups -OCH3 is 1. The van der Waals surface area contributed by atoms with E-state index in [1.165, 1.54) is 37.7 Å². The first-order valence-corrected chi connectivity index (χ1v) is 8.90. The molecule has 0 heterocycles. The molecule has 22 heavy (non-hydrogen) atoms. The number of aliphatic hydroxyl groups is 1. The van der Waals surface area contributed by atoms with Gasteiger partial charge in [0.25, 0.3) is 0 Å². The van der Waals surface area contributed by atoms with Crippen LogP contribution >= 0.6 is 0 Å². The molecule has 0 bridgehead atoms. The van der Waals surface area contributed by atoms with Gasteiger partial charge < -0.3 is 9.84 Å². The van der Waals surface area contributed by atoms with Crippen molar-refractivity contribution in [3.05, 3.63) is 28.8 Å². The molecule has 0 aromatic heterocycles. The highest BCUT2D eigenvalue weighted by Gasteiger charge is 2.54. The van der Waals surface area contributed by atoms with Gasteiger partial charge in [-0.25, -0.2) is 0 Å². The Morgan fingerprint density at radius 1 is 1.18 bits per heavy atom. The Bertz CT molecular complexity index is 594. The summed E-state index contributed by atoms with van der Waals surface area (Å²) in [7, 11) is 1.78. The van der Waals surface area contributed by atoms with E-state index in [4.69, 9.17) is 4.74 Å². The van der Waals surface area contributed by atoms with Gasteiger partial charge in [0.05, 0.1) is 13.2 Å². The molecule has 2 heteroatoms. The van der Waals surface area contributed by atoms with E-state index in [9.17, 15) is 5.11 Å². The first kappa shape index (κ1) is 14.6. The zero-order chi connectivity index (χ0) is 15.5. The number of hydrogen-bond acceptors (Lipinski definition) is 2. The molecule has 3 aliphatic rings. The van der Waals surface area contributed by atoms with Gasteiger partial charge in [0.2, 0.25) is 0 Å². The van der Waals surface area contributed by atoms with Crippen LogP contribution in [-0.4, -0.2) is 18.3 Å². The average Bonchev–Trinajstić information content (AvgIpc) is 2.82. The summed E-state index contributed by atoms with van der Waals surface area (Å²) in [6, 6.07) is 4.66. The molecule has 0 saturated heterocycles.